The van der Waals surface area contributed by atoms with E-state index in [2.05, 4.69) is 10.2 Å². The predicted octanol–water partition coefficient (Wildman–Crippen LogP) is 5.19. The van der Waals surface area contributed by atoms with Gasteiger partial charge in [-0.3, -0.25) is 9.59 Å². The van der Waals surface area contributed by atoms with Crippen LogP contribution in [0.5, 0.6) is 11.5 Å². The molecule has 1 fully saturated rings. The molecule has 2 N–H and O–H groups in total. The first kappa shape index (κ1) is 29.2. The topological polar surface area (TPSA) is 97.0 Å². The van der Waals surface area contributed by atoms with E-state index in [9.17, 15) is 27.6 Å². The molecule has 2 amide bonds. The minimum absolute atomic E-state index is 0.108. The molecule has 8 nitrogen and oxygen atoms in total. The number of hydrogen-bond donors (Lipinski definition) is 2. The molecular formula is C26H29ClF3N3O5. The molecule has 206 valence electrons. The lowest BCUT2D eigenvalue weighted by atomic mass is 9.83. The van der Waals surface area contributed by atoms with Crippen LogP contribution in [0.1, 0.15) is 27.2 Å². The molecule has 0 saturated carbocycles. The Morgan fingerprint density at radius 1 is 1.00 bits per heavy atom. The summed E-state index contributed by atoms with van der Waals surface area (Å²) in [5, 5.41) is 3.27. The van der Waals surface area contributed by atoms with Gasteiger partial charge < -0.3 is 19.8 Å². The lowest BCUT2D eigenvalue weighted by Crippen LogP contribution is -2.52. The summed E-state index contributed by atoms with van der Waals surface area (Å²) < 4.78 is 43.2. The highest BCUT2D eigenvalue weighted by Gasteiger charge is 2.44. The van der Waals surface area contributed by atoms with Gasteiger partial charge in [-0.1, -0.05) is 38.4 Å². The number of nitrogens with one attached hydrogen (secondary N) is 2. The first-order valence-corrected chi connectivity index (χ1v) is 12.2. The lowest BCUT2D eigenvalue weighted by molar-refractivity contribution is -0.208. The molecule has 2 atom stereocenters. The van der Waals surface area contributed by atoms with Gasteiger partial charge in [0, 0.05) is 23.8 Å². The minimum Gasteiger partial charge on any atom is -0.457 e. The molecule has 3 rings (SSSR count). The first-order chi connectivity index (χ1) is 17.7. The van der Waals surface area contributed by atoms with Crippen molar-refractivity contribution in [2.75, 3.05) is 25.0 Å². The van der Waals surface area contributed by atoms with E-state index >= 15 is 0 Å². The van der Waals surface area contributed by atoms with Crippen molar-refractivity contribution in [3.63, 3.8) is 0 Å². The third-order valence-corrected chi connectivity index (χ3v) is 5.93. The van der Waals surface area contributed by atoms with Gasteiger partial charge in [-0.15, -0.1) is 0 Å². The fourth-order valence-corrected chi connectivity index (χ4v) is 4.33. The molecule has 0 aliphatic carbocycles. The molecule has 0 aromatic heterocycles. The zero-order chi connectivity index (χ0) is 28.1. The Hall–Kier alpha value is -3.31. The quantitative estimate of drug-likeness (QED) is 0.476. The number of halogens is 4. The van der Waals surface area contributed by atoms with Gasteiger partial charge in [0.2, 0.25) is 5.91 Å². The van der Waals surface area contributed by atoms with Crippen LogP contribution < -0.4 is 15.5 Å². The summed E-state index contributed by atoms with van der Waals surface area (Å²) in [4.78, 5) is 42.9. The molecule has 0 bridgehead atoms. The number of piperidine rings is 1. The Morgan fingerprint density at radius 2 is 1.68 bits per heavy atom. The fraction of sp³-hybridized carbons (Fsp3) is 0.423. The van der Waals surface area contributed by atoms with Crippen LogP contribution in [0.2, 0.25) is 5.02 Å². The predicted molar refractivity (Wildman–Crippen MR) is 134 cm³/mol. The van der Waals surface area contributed by atoms with E-state index in [1.165, 1.54) is 0 Å². The Bertz CT molecular complexity index is 1150. The monoisotopic (exact) mass is 555 g/mol. The highest BCUT2D eigenvalue weighted by Crippen LogP contribution is 2.30. The van der Waals surface area contributed by atoms with Gasteiger partial charge in [0.15, 0.2) is 0 Å². The molecule has 1 aliphatic heterocycles. The van der Waals surface area contributed by atoms with E-state index in [4.69, 9.17) is 16.3 Å². The number of likely N-dealkylation sites (tertiary alicyclic amines) is 1. The second-order valence-corrected chi connectivity index (χ2v) is 10.7. The highest BCUT2D eigenvalue weighted by molar-refractivity contribution is 6.30. The van der Waals surface area contributed by atoms with Crippen molar-refractivity contribution >= 4 is 35.1 Å². The summed E-state index contributed by atoms with van der Waals surface area (Å²) in [5.74, 6) is -4.87. The molecule has 0 spiro atoms. The van der Waals surface area contributed by atoms with Crippen molar-refractivity contribution < 1.29 is 37.1 Å². The summed E-state index contributed by atoms with van der Waals surface area (Å²) in [6.45, 7) is 7.23. The summed E-state index contributed by atoms with van der Waals surface area (Å²) in [7, 11) is 0. The van der Waals surface area contributed by atoms with Gasteiger partial charge >= 0.3 is 12.1 Å². The van der Waals surface area contributed by atoms with Crippen molar-refractivity contribution in [1.29, 1.82) is 0 Å². The average molecular weight is 556 g/mol. The third-order valence-electron chi connectivity index (χ3n) is 5.70. The van der Waals surface area contributed by atoms with Crippen LogP contribution in [-0.2, 0) is 19.2 Å². The minimum atomic E-state index is -5.27. The smallest absolute Gasteiger partial charge is 0.457 e. The molecule has 2 aromatic carbocycles. The molecular weight excluding hydrogens is 527 g/mol. The number of amides is 2. The molecule has 2 aromatic rings. The number of carbonyl (C=O) groups excluding carboxylic acids is 3. The SMILES string of the molecule is CC(C)(C)CN1CCC(C(=O)Nc2ccc(Oc3cccc(Cl)c3)cc2)[C@@H](C(=O)NOC(=O)C(F)(F)F)C1. The van der Waals surface area contributed by atoms with Gasteiger partial charge in [-0.05, 0) is 60.8 Å². The number of rotatable bonds is 6. The van der Waals surface area contributed by atoms with Crippen molar-refractivity contribution in [2.24, 2.45) is 17.3 Å². The zero-order valence-electron chi connectivity index (χ0n) is 21.1. The number of hydroxylamine groups is 1. The number of alkyl halides is 3. The summed E-state index contributed by atoms with van der Waals surface area (Å²) in [6.07, 6.45) is -4.99. The second kappa shape index (κ2) is 12.0. The van der Waals surface area contributed by atoms with Crippen molar-refractivity contribution in [3.8, 4) is 11.5 Å². The number of hydrogen-bond acceptors (Lipinski definition) is 6. The largest absolute Gasteiger partial charge is 0.493 e. The summed E-state index contributed by atoms with van der Waals surface area (Å²) in [6, 6.07) is 13.4. The van der Waals surface area contributed by atoms with Crippen LogP contribution in [0, 0.1) is 17.3 Å². The van der Waals surface area contributed by atoms with Gasteiger partial charge in [0.05, 0.1) is 11.8 Å². The van der Waals surface area contributed by atoms with Crippen LogP contribution in [0.4, 0.5) is 18.9 Å². The van der Waals surface area contributed by atoms with Gasteiger partial charge in [0.25, 0.3) is 5.91 Å². The maximum absolute atomic E-state index is 13.1. The Labute approximate surface area is 223 Å². The zero-order valence-corrected chi connectivity index (χ0v) is 21.9. The van der Waals surface area contributed by atoms with Crippen molar-refractivity contribution in [3.05, 3.63) is 53.6 Å². The maximum atomic E-state index is 13.1. The van der Waals surface area contributed by atoms with Gasteiger partial charge in [0.1, 0.15) is 11.5 Å². The molecule has 38 heavy (non-hydrogen) atoms. The van der Waals surface area contributed by atoms with Crippen LogP contribution in [0.25, 0.3) is 0 Å². The van der Waals surface area contributed by atoms with Crippen LogP contribution in [-0.4, -0.2) is 48.5 Å². The molecule has 1 unspecified atom stereocenters. The number of carbonyl (C=O) groups is 3. The number of ether oxygens (including phenoxy) is 1. The molecule has 1 heterocycles. The normalized spacial score (nSPS) is 18.4. The standard InChI is InChI=1S/C26H29ClF3N3O5/c1-25(2,3)15-33-12-11-20(21(14-33)23(35)32-38-24(36)26(28,29)30)22(34)31-17-7-9-18(10-8-17)37-19-6-4-5-16(27)13-19/h4-10,13,20-21H,11-12,14-15H2,1-3H3,(H,31,34)(H,32,35)/t20?,21-/m0/s1. The summed E-state index contributed by atoms with van der Waals surface area (Å²) >= 11 is 5.96. The fourth-order valence-electron chi connectivity index (χ4n) is 4.15. The van der Waals surface area contributed by atoms with Crippen LogP contribution in [0.15, 0.2) is 48.5 Å². The molecule has 1 aliphatic rings. The van der Waals surface area contributed by atoms with E-state index in [1.807, 2.05) is 25.7 Å². The van der Waals surface area contributed by atoms with Gasteiger partial charge in [-0.2, -0.15) is 18.7 Å². The highest BCUT2D eigenvalue weighted by atomic mass is 35.5. The van der Waals surface area contributed by atoms with Gasteiger partial charge in [-0.25, -0.2) is 4.79 Å². The third kappa shape index (κ3) is 8.63. The molecule has 12 heteroatoms. The van der Waals surface area contributed by atoms with E-state index < -0.39 is 35.8 Å². The second-order valence-electron chi connectivity index (χ2n) is 10.2. The van der Waals surface area contributed by atoms with Crippen molar-refractivity contribution in [2.45, 2.75) is 33.4 Å². The molecule has 0 radical (unpaired) electrons. The van der Waals surface area contributed by atoms with E-state index in [0.717, 1.165) is 0 Å². The number of nitrogens with zero attached hydrogens (tertiary/aromatic N) is 1. The Balaban J connectivity index is 1.68. The van der Waals surface area contributed by atoms with E-state index in [1.54, 1.807) is 54.0 Å². The van der Waals surface area contributed by atoms with Crippen LogP contribution in [0.3, 0.4) is 0 Å². The first-order valence-electron chi connectivity index (χ1n) is 11.9. The molecule has 1 saturated heterocycles. The average Bonchev–Trinajstić information content (AvgIpc) is 2.82. The summed E-state index contributed by atoms with van der Waals surface area (Å²) in [5.41, 5.74) is 1.91. The number of anilines is 1. The Kier molecular flexibility index (Phi) is 9.26. The maximum Gasteiger partial charge on any atom is 0.493 e. The number of benzene rings is 2. The lowest BCUT2D eigenvalue weighted by Gasteiger charge is -2.39. The van der Waals surface area contributed by atoms with E-state index in [0.29, 0.717) is 35.3 Å². The Morgan fingerprint density at radius 3 is 2.29 bits per heavy atom. The van der Waals surface area contributed by atoms with Crippen LogP contribution >= 0.6 is 11.6 Å². The van der Waals surface area contributed by atoms with Crippen molar-refractivity contribution in [1.82, 2.24) is 10.4 Å². The van der Waals surface area contributed by atoms with E-state index in [-0.39, 0.29) is 18.4 Å².